The first-order valence-corrected chi connectivity index (χ1v) is 7.98. The molecule has 6 nitrogen and oxygen atoms in total. The summed E-state index contributed by atoms with van der Waals surface area (Å²) in [5.74, 6) is 1.18. The van der Waals surface area contributed by atoms with Crippen molar-refractivity contribution in [3.8, 4) is 0 Å². The normalized spacial score (nSPS) is 29.2. The number of anilines is 2. The molecule has 3 heterocycles. The second-order valence-electron chi connectivity index (χ2n) is 6.34. The topological polar surface area (TPSA) is 57.2 Å². The Morgan fingerprint density at radius 2 is 1.81 bits per heavy atom. The molecular weight excluding hydrogens is 288 g/mol. The number of hydrogen-bond donors (Lipinski definition) is 1. The van der Waals surface area contributed by atoms with Crippen LogP contribution in [-0.4, -0.2) is 59.1 Å². The smallest absolute Gasteiger partial charge is 0.230 e. The van der Waals surface area contributed by atoms with Crippen LogP contribution in [0.3, 0.4) is 0 Å². The van der Waals surface area contributed by atoms with E-state index in [-0.39, 0.29) is 5.28 Å². The van der Waals surface area contributed by atoms with Crippen LogP contribution in [0.2, 0.25) is 5.28 Å². The average molecular weight is 311 g/mol. The van der Waals surface area contributed by atoms with Crippen LogP contribution < -0.4 is 10.2 Å². The van der Waals surface area contributed by atoms with Gasteiger partial charge in [0.05, 0.1) is 0 Å². The van der Waals surface area contributed by atoms with Crippen LogP contribution in [0.15, 0.2) is 0 Å². The van der Waals surface area contributed by atoms with Crippen molar-refractivity contribution >= 4 is 23.5 Å². The van der Waals surface area contributed by atoms with Crippen molar-refractivity contribution in [2.45, 2.75) is 50.2 Å². The lowest BCUT2D eigenvalue weighted by Crippen LogP contribution is -2.52. The molecule has 0 saturated carbocycles. The lowest BCUT2D eigenvalue weighted by atomic mass is 9.82. The summed E-state index contributed by atoms with van der Waals surface area (Å²) in [6.07, 6.45) is 6.24. The number of halogens is 1. The molecule has 1 aromatic rings. The SMILES string of the molecule is CN(C)c1nc(Cl)nc(NC2CC3CCCC(C2)N3C)n1. The summed E-state index contributed by atoms with van der Waals surface area (Å²) in [6, 6.07) is 1.78. The first-order chi connectivity index (χ1) is 10.0. The van der Waals surface area contributed by atoms with Crippen LogP contribution in [-0.2, 0) is 0 Å². The molecule has 2 saturated heterocycles. The zero-order valence-corrected chi connectivity index (χ0v) is 13.6. The van der Waals surface area contributed by atoms with Gasteiger partial charge in [0.25, 0.3) is 0 Å². The van der Waals surface area contributed by atoms with Crippen molar-refractivity contribution in [1.82, 2.24) is 19.9 Å². The highest BCUT2D eigenvalue weighted by molar-refractivity contribution is 6.28. The van der Waals surface area contributed by atoms with Gasteiger partial charge in [-0.05, 0) is 44.3 Å². The third kappa shape index (κ3) is 3.21. The minimum Gasteiger partial charge on any atom is -0.351 e. The number of nitrogens with zero attached hydrogens (tertiary/aromatic N) is 5. The third-order valence-corrected chi connectivity index (χ3v) is 4.84. The third-order valence-electron chi connectivity index (χ3n) is 4.67. The Bertz CT molecular complexity index is 494. The van der Waals surface area contributed by atoms with E-state index in [0.29, 0.717) is 30.0 Å². The average Bonchev–Trinajstić information content (AvgIpc) is 2.39. The number of hydrogen-bond acceptors (Lipinski definition) is 6. The quantitative estimate of drug-likeness (QED) is 0.922. The standard InChI is InChI=1S/C14H23ClN6/c1-20(2)14-18-12(15)17-13(19-14)16-9-7-10-5-4-6-11(8-9)21(10)3/h9-11H,4-8H2,1-3H3,(H,16,17,18,19). The first-order valence-electron chi connectivity index (χ1n) is 7.60. The monoisotopic (exact) mass is 310 g/mol. The van der Waals surface area contributed by atoms with E-state index in [9.17, 15) is 0 Å². The number of piperidine rings is 2. The van der Waals surface area contributed by atoms with Gasteiger partial charge in [-0.15, -0.1) is 0 Å². The number of fused-ring (bicyclic) bond motifs is 2. The molecule has 1 N–H and O–H groups in total. The minimum atomic E-state index is 0.240. The van der Waals surface area contributed by atoms with E-state index in [0.717, 1.165) is 12.8 Å². The molecule has 0 spiro atoms. The summed E-state index contributed by atoms with van der Waals surface area (Å²) in [4.78, 5) is 17.2. The molecular formula is C14H23ClN6. The van der Waals surface area contributed by atoms with Crippen LogP contribution >= 0.6 is 11.6 Å². The Kier molecular flexibility index (Phi) is 4.17. The minimum absolute atomic E-state index is 0.240. The van der Waals surface area contributed by atoms with Gasteiger partial charge < -0.3 is 15.1 Å². The van der Waals surface area contributed by atoms with E-state index in [1.165, 1.54) is 19.3 Å². The van der Waals surface area contributed by atoms with E-state index in [1.54, 1.807) is 0 Å². The summed E-state index contributed by atoms with van der Waals surface area (Å²) < 4.78 is 0. The summed E-state index contributed by atoms with van der Waals surface area (Å²) in [6.45, 7) is 0. The first kappa shape index (κ1) is 14.8. The maximum atomic E-state index is 5.99. The highest BCUT2D eigenvalue weighted by atomic mass is 35.5. The van der Waals surface area contributed by atoms with Crippen LogP contribution in [0.5, 0.6) is 0 Å². The highest BCUT2D eigenvalue weighted by Gasteiger charge is 2.36. The lowest BCUT2D eigenvalue weighted by molar-refractivity contribution is 0.0607. The second kappa shape index (κ2) is 5.93. The molecule has 2 unspecified atom stereocenters. The molecule has 0 aliphatic carbocycles. The number of aromatic nitrogens is 3. The van der Waals surface area contributed by atoms with Gasteiger partial charge in [-0.25, -0.2) is 0 Å². The maximum Gasteiger partial charge on any atom is 0.230 e. The molecule has 1 aromatic heterocycles. The van der Waals surface area contributed by atoms with E-state index < -0.39 is 0 Å². The fourth-order valence-electron chi connectivity index (χ4n) is 3.52. The van der Waals surface area contributed by atoms with E-state index >= 15 is 0 Å². The Balaban J connectivity index is 1.72. The Morgan fingerprint density at radius 1 is 1.14 bits per heavy atom. The van der Waals surface area contributed by atoms with Crippen molar-refractivity contribution in [2.75, 3.05) is 31.4 Å². The Hall–Kier alpha value is -1.14. The number of nitrogens with one attached hydrogen (secondary N) is 1. The predicted octanol–water partition coefficient (Wildman–Crippen LogP) is 2.02. The lowest BCUT2D eigenvalue weighted by Gasteiger charge is -2.47. The van der Waals surface area contributed by atoms with Gasteiger partial charge in [0.2, 0.25) is 17.2 Å². The highest BCUT2D eigenvalue weighted by Crippen LogP contribution is 2.33. The van der Waals surface area contributed by atoms with E-state index in [4.69, 9.17) is 11.6 Å². The van der Waals surface area contributed by atoms with Crippen LogP contribution in [0.25, 0.3) is 0 Å². The van der Waals surface area contributed by atoms with Gasteiger partial charge in [-0.1, -0.05) is 6.42 Å². The summed E-state index contributed by atoms with van der Waals surface area (Å²) in [5.41, 5.74) is 0. The van der Waals surface area contributed by atoms with E-state index in [2.05, 4.69) is 32.2 Å². The molecule has 0 aromatic carbocycles. The largest absolute Gasteiger partial charge is 0.351 e. The maximum absolute atomic E-state index is 5.99. The van der Waals surface area contributed by atoms with Gasteiger partial charge in [-0.2, -0.15) is 15.0 Å². The molecule has 0 radical (unpaired) electrons. The van der Waals surface area contributed by atoms with Crippen LogP contribution in [0.1, 0.15) is 32.1 Å². The van der Waals surface area contributed by atoms with Crippen molar-refractivity contribution < 1.29 is 0 Å². The zero-order chi connectivity index (χ0) is 15.0. The van der Waals surface area contributed by atoms with Gasteiger partial charge in [0, 0.05) is 32.2 Å². The van der Waals surface area contributed by atoms with Gasteiger partial charge in [0.15, 0.2) is 0 Å². The molecule has 7 heteroatoms. The van der Waals surface area contributed by atoms with Gasteiger partial charge in [0.1, 0.15) is 0 Å². The van der Waals surface area contributed by atoms with Gasteiger partial charge in [-0.3, -0.25) is 0 Å². The molecule has 3 rings (SSSR count). The Morgan fingerprint density at radius 3 is 2.43 bits per heavy atom. The Labute approximate surface area is 130 Å². The van der Waals surface area contributed by atoms with Crippen LogP contribution in [0.4, 0.5) is 11.9 Å². The second-order valence-corrected chi connectivity index (χ2v) is 6.68. The van der Waals surface area contributed by atoms with Crippen molar-refractivity contribution in [3.63, 3.8) is 0 Å². The fourth-order valence-corrected chi connectivity index (χ4v) is 3.68. The predicted molar refractivity (Wildman–Crippen MR) is 85.0 cm³/mol. The summed E-state index contributed by atoms with van der Waals surface area (Å²) in [7, 11) is 6.06. The van der Waals surface area contributed by atoms with Crippen molar-refractivity contribution in [2.24, 2.45) is 0 Å². The molecule has 2 atom stereocenters. The van der Waals surface area contributed by atoms with E-state index in [1.807, 2.05) is 19.0 Å². The fraction of sp³-hybridized carbons (Fsp3) is 0.786. The molecule has 2 bridgehead atoms. The van der Waals surface area contributed by atoms with Crippen LogP contribution in [0, 0.1) is 0 Å². The molecule has 116 valence electrons. The zero-order valence-electron chi connectivity index (χ0n) is 12.9. The molecule has 0 amide bonds. The summed E-state index contributed by atoms with van der Waals surface area (Å²) >= 11 is 5.99. The number of rotatable bonds is 3. The molecule has 2 aliphatic heterocycles. The molecule has 21 heavy (non-hydrogen) atoms. The molecule has 2 fully saturated rings. The van der Waals surface area contributed by atoms with Crippen molar-refractivity contribution in [3.05, 3.63) is 5.28 Å². The molecule has 2 aliphatic rings. The van der Waals surface area contributed by atoms with Crippen molar-refractivity contribution in [1.29, 1.82) is 0 Å². The summed E-state index contributed by atoms with van der Waals surface area (Å²) in [5, 5.41) is 3.71. The van der Waals surface area contributed by atoms with Gasteiger partial charge >= 0.3 is 0 Å².